The number of amides is 1. The maximum atomic E-state index is 11.2. The summed E-state index contributed by atoms with van der Waals surface area (Å²) in [6.07, 6.45) is 0.977. The Hall–Kier alpha value is -0.990. The molecule has 0 aliphatic heterocycles. The summed E-state index contributed by atoms with van der Waals surface area (Å²) in [5.41, 5.74) is 0. The maximum Gasteiger partial charge on any atom is 0.219 e. The lowest BCUT2D eigenvalue weighted by atomic mass is 10.2. The summed E-state index contributed by atoms with van der Waals surface area (Å²) in [7, 11) is 0. The van der Waals surface area contributed by atoms with Crippen molar-refractivity contribution in [2.75, 3.05) is 19.7 Å². The highest BCUT2D eigenvalue weighted by Crippen LogP contribution is 2.07. The minimum Gasteiger partial charge on any atom is -0.496 e. The number of ether oxygens (including phenoxy) is 1. The van der Waals surface area contributed by atoms with Crippen LogP contribution in [0.15, 0.2) is 12.3 Å². The molecule has 0 aromatic heterocycles. The summed E-state index contributed by atoms with van der Waals surface area (Å²) in [5, 5.41) is 0. The highest BCUT2D eigenvalue weighted by atomic mass is 16.5. The van der Waals surface area contributed by atoms with E-state index in [4.69, 9.17) is 4.74 Å². The van der Waals surface area contributed by atoms with Crippen LogP contribution in [-0.4, -0.2) is 30.5 Å². The van der Waals surface area contributed by atoms with E-state index in [1.165, 1.54) is 0 Å². The van der Waals surface area contributed by atoms with Crippen molar-refractivity contribution in [1.82, 2.24) is 4.90 Å². The van der Waals surface area contributed by atoms with Gasteiger partial charge in [0.05, 0.1) is 12.3 Å². The Morgan fingerprint density at radius 2 is 2.00 bits per heavy atom. The van der Waals surface area contributed by atoms with Crippen molar-refractivity contribution in [1.29, 1.82) is 0 Å². The Kier molecular flexibility index (Phi) is 6.84. The molecule has 3 heteroatoms. The van der Waals surface area contributed by atoms with Crippen LogP contribution in [0.5, 0.6) is 0 Å². The standard InChI is InChI=1S/C12H23NO2/c1-6-7-13(12(5)14)8-9-15-11(4)10(2)3/h10H,4,6-9H2,1-3,5H3. The van der Waals surface area contributed by atoms with Gasteiger partial charge in [0, 0.05) is 19.4 Å². The number of rotatable bonds is 7. The molecule has 0 fully saturated rings. The number of allylic oxidation sites excluding steroid dienone is 1. The second-order valence-corrected chi connectivity index (χ2v) is 3.98. The summed E-state index contributed by atoms with van der Waals surface area (Å²) >= 11 is 0. The van der Waals surface area contributed by atoms with E-state index in [1.807, 2.05) is 13.8 Å². The molecule has 0 aliphatic rings. The van der Waals surface area contributed by atoms with Gasteiger partial charge in [0.15, 0.2) is 0 Å². The molecule has 0 aromatic rings. The number of carbonyl (C=O) groups excluding carboxylic acids is 1. The molecule has 88 valence electrons. The normalized spacial score (nSPS) is 10.2. The lowest BCUT2D eigenvalue weighted by Crippen LogP contribution is -2.32. The molecule has 1 amide bonds. The molecule has 0 spiro atoms. The van der Waals surface area contributed by atoms with Crippen LogP contribution >= 0.6 is 0 Å². The Balaban J connectivity index is 3.81. The molecule has 3 nitrogen and oxygen atoms in total. The largest absolute Gasteiger partial charge is 0.496 e. The summed E-state index contributed by atoms with van der Waals surface area (Å²) < 4.78 is 5.44. The smallest absolute Gasteiger partial charge is 0.219 e. The van der Waals surface area contributed by atoms with E-state index in [9.17, 15) is 4.79 Å². The van der Waals surface area contributed by atoms with E-state index in [-0.39, 0.29) is 5.91 Å². The first kappa shape index (κ1) is 14.0. The van der Waals surface area contributed by atoms with Gasteiger partial charge >= 0.3 is 0 Å². The van der Waals surface area contributed by atoms with Crippen LogP contribution in [0.3, 0.4) is 0 Å². The number of nitrogens with zero attached hydrogens (tertiary/aromatic N) is 1. The average molecular weight is 213 g/mol. The Morgan fingerprint density at radius 3 is 2.40 bits per heavy atom. The predicted octanol–water partition coefficient (Wildman–Crippen LogP) is 2.43. The Bertz CT molecular complexity index is 212. The molecule has 0 N–H and O–H groups in total. The molecule has 0 aliphatic carbocycles. The molecule has 0 saturated heterocycles. The number of hydrogen-bond donors (Lipinski definition) is 0. The SMILES string of the molecule is C=C(OCCN(CCC)C(C)=O)C(C)C. The number of carbonyl (C=O) groups is 1. The second kappa shape index (κ2) is 7.32. The van der Waals surface area contributed by atoms with E-state index in [0.29, 0.717) is 19.1 Å². The van der Waals surface area contributed by atoms with Crippen molar-refractivity contribution < 1.29 is 9.53 Å². The molecule has 0 saturated carbocycles. The lowest BCUT2D eigenvalue weighted by Gasteiger charge is -2.21. The zero-order valence-corrected chi connectivity index (χ0v) is 10.4. The molecule has 0 radical (unpaired) electrons. The van der Waals surface area contributed by atoms with Gasteiger partial charge in [-0.1, -0.05) is 27.4 Å². The second-order valence-electron chi connectivity index (χ2n) is 3.98. The zero-order valence-electron chi connectivity index (χ0n) is 10.4. The highest BCUT2D eigenvalue weighted by Gasteiger charge is 2.07. The van der Waals surface area contributed by atoms with Gasteiger partial charge in [-0.15, -0.1) is 0 Å². The van der Waals surface area contributed by atoms with Crippen LogP contribution in [0.25, 0.3) is 0 Å². The van der Waals surface area contributed by atoms with E-state index < -0.39 is 0 Å². The van der Waals surface area contributed by atoms with Crippen LogP contribution in [0, 0.1) is 5.92 Å². The van der Waals surface area contributed by atoms with Gasteiger partial charge in [-0.2, -0.15) is 0 Å². The van der Waals surface area contributed by atoms with Crippen LogP contribution in [-0.2, 0) is 9.53 Å². The molecule has 0 aromatic carbocycles. The van der Waals surface area contributed by atoms with Gasteiger partial charge < -0.3 is 9.64 Å². The summed E-state index contributed by atoms with van der Waals surface area (Å²) in [4.78, 5) is 13.0. The number of hydrogen-bond acceptors (Lipinski definition) is 2. The molecule has 0 atom stereocenters. The molecule has 15 heavy (non-hydrogen) atoms. The third-order valence-corrected chi connectivity index (χ3v) is 2.23. The third-order valence-electron chi connectivity index (χ3n) is 2.23. The fourth-order valence-corrected chi connectivity index (χ4v) is 1.15. The van der Waals surface area contributed by atoms with Crippen molar-refractivity contribution in [3.8, 4) is 0 Å². The van der Waals surface area contributed by atoms with Crippen LogP contribution < -0.4 is 0 Å². The average Bonchev–Trinajstić information content (AvgIpc) is 2.15. The first-order valence-electron chi connectivity index (χ1n) is 5.56. The molecule has 0 heterocycles. The lowest BCUT2D eigenvalue weighted by molar-refractivity contribution is -0.129. The fourth-order valence-electron chi connectivity index (χ4n) is 1.15. The van der Waals surface area contributed by atoms with Crippen LogP contribution in [0.1, 0.15) is 34.1 Å². The van der Waals surface area contributed by atoms with E-state index >= 15 is 0 Å². The third kappa shape index (κ3) is 6.15. The molecule has 0 rings (SSSR count). The van der Waals surface area contributed by atoms with E-state index in [0.717, 1.165) is 18.7 Å². The van der Waals surface area contributed by atoms with E-state index in [2.05, 4.69) is 13.5 Å². The van der Waals surface area contributed by atoms with Crippen molar-refractivity contribution in [3.05, 3.63) is 12.3 Å². The molecular weight excluding hydrogens is 190 g/mol. The monoisotopic (exact) mass is 213 g/mol. The van der Waals surface area contributed by atoms with Gasteiger partial charge in [0.25, 0.3) is 0 Å². The first-order chi connectivity index (χ1) is 6.99. The molecular formula is C12H23NO2. The minimum atomic E-state index is 0.107. The predicted molar refractivity (Wildman–Crippen MR) is 62.5 cm³/mol. The molecule has 0 bridgehead atoms. The zero-order chi connectivity index (χ0) is 11.8. The van der Waals surface area contributed by atoms with Gasteiger partial charge in [-0.25, -0.2) is 0 Å². The van der Waals surface area contributed by atoms with Crippen LogP contribution in [0.4, 0.5) is 0 Å². The van der Waals surface area contributed by atoms with Crippen molar-refractivity contribution >= 4 is 5.91 Å². The van der Waals surface area contributed by atoms with Crippen LogP contribution in [0.2, 0.25) is 0 Å². The van der Waals surface area contributed by atoms with Crippen molar-refractivity contribution in [2.45, 2.75) is 34.1 Å². The van der Waals surface area contributed by atoms with Gasteiger partial charge in [0.2, 0.25) is 5.91 Å². The summed E-state index contributed by atoms with van der Waals surface area (Å²) in [6.45, 7) is 13.5. The first-order valence-corrected chi connectivity index (χ1v) is 5.56. The summed E-state index contributed by atoms with van der Waals surface area (Å²) in [6, 6.07) is 0. The van der Waals surface area contributed by atoms with E-state index in [1.54, 1.807) is 11.8 Å². The maximum absolute atomic E-state index is 11.2. The van der Waals surface area contributed by atoms with Crippen molar-refractivity contribution in [3.63, 3.8) is 0 Å². The quantitative estimate of drug-likeness (QED) is 0.608. The topological polar surface area (TPSA) is 29.5 Å². The fraction of sp³-hybridized carbons (Fsp3) is 0.750. The molecule has 0 unspecified atom stereocenters. The van der Waals surface area contributed by atoms with Gasteiger partial charge in [0.1, 0.15) is 6.61 Å². The highest BCUT2D eigenvalue weighted by molar-refractivity contribution is 5.73. The van der Waals surface area contributed by atoms with Gasteiger partial charge in [-0.05, 0) is 6.42 Å². The van der Waals surface area contributed by atoms with Crippen molar-refractivity contribution in [2.24, 2.45) is 5.92 Å². The minimum absolute atomic E-state index is 0.107. The van der Waals surface area contributed by atoms with Gasteiger partial charge in [-0.3, -0.25) is 4.79 Å². The Morgan fingerprint density at radius 1 is 1.40 bits per heavy atom. The Labute approximate surface area is 93.1 Å². The summed E-state index contributed by atoms with van der Waals surface area (Å²) in [5.74, 6) is 1.23.